The maximum atomic E-state index is 12.0. The van der Waals surface area contributed by atoms with Crippen molar-refractivity contribution in [2.75, 3.05) is 19.8 Å². The molecule has 114 valence electrons. The molecule has 1 aromatic rings. The lowest BCUT2D eigenvalue weighted by molar-refractivity contribution is 0.0144. The highest BCUT2D eigenvalue weighted by atomic mass is 35.5. The average molecular weight is 306 g/mol. The second-order valence-electron chi connectivity index (χ2n) is 4.81. The van der Waals surface area contributed by atoms with Gasteiger partial charge in [-0.3, -0.25) is 0 Å². The van der Waals surface area contributed by atoms with Crippen LogP contribution in [0.25, 0.3) is 0 Å². The van der Waals surface area contributed by atoms with Gasteiger partial charge in [0.15, 0.2) is 0 Å². The molecule has 0 radical (unpaired) electrons. The topological polar surface area (TPSA) is 21.3 Å². The maximum Gasteiger partial charge on any atom is 0.261 e. The molecule has 1 N–H and O–H groups in total. The molecule has 0 spiro atoms. The number of benzene rings is 1. The predicted octanol–water partition coefficient (Wildman–Crippen LogP) is 3.84. The number of hydrogen-bond donors (Lipinski definition) is 1. The van der Waals surface area contributed by atoms with Gasteiger partial charge in [0.25, 0.3) is 6.43 Å². The molecule has 1 rings (SSSR count). The molecule has 0 amide bonds. The monoisotopic (exact) mass is 305 g/mol. The van der Waals surface area contributed by atoms with Crippen molar-refractivity contribution in [1.82, 2.24) is 5.32 Å². The Labute approximate surface area is 124 Å². The Hall–Kier alpha value is -0.710. The molecule has 1 atom stereocenters. The van der Waals surface area contributed by atoms with Crippen LogP contribution in [0.1, 0.15) is 24.5 Å². The highest BCUT2D eigenvalue weighted by Crippen LogP contribution is 2.19. The van der Waals surface area contributed by atoms with Crippen molar-refractivity contribution >= 4 is 11.6 Å². The van der Waals surface area contributed by atoms with E-state index in [1.54, 1.807) is 0 Å². The quantitative estimate of drug-likeness (QED) is 0.700. The lowest BCUT2D eigenvalue weighted by Crippen LogP contribution is -2.32. The summed E-state index contributed by atoms with van der Waals surface area (Å²) < 4.78 is 28.9. The largest absolute Gasteiger partial charge is 0.375 e. The van der Waals surface area contributed by atoms with Crippen molar-refractivity contribution in [2.24, 2.45) is 0 Å². The minimum absolute atomic E-state index is 0.179. The summed E-state index contributed by atoms with van der Waals surface area (Å²) in [6, 6.07) is 6.16. The van der Waals surface area contributed by atoms with E-state index < -0.39 is 13.0 Å². The fourth-order valence-corrected chi connectivity index (χ4v) is 2.36. The van der Waals surface area contributed by atoms with Gasteiger partial charge in [-0.1, -0.05) is 30.7 Å². The lowest BCUT2D eigenvalue weighted by Gasteiger charge is -2.19. The van der Waals surface area contributed by atoms with Gasteiger partial charge in [0.05, 0.1) is 0 Å². The minimum atomic E-state index is -2.40. The van der Waals surface area contributed by atoms with Crippen LogP contribution < -0.4 is 5.32 Å². The average Bonchev–Trinajstić information content (AvgIpc) is 2.37. The van der Waals surface area contributed by atoms with Gasteiger partial charge in [-0.2, -0.15) is 0 Å². The van der Waals surface area contributed by atoms with E-state index in [9.17, 15) is 8.78 Å². The Morgan fingerprint density at radius 2 is 2.10 bits per heavy atom. The Bertz CT molecular complexity index is 401. The Morgan fingerprint density at radius 1 is 1.35 bits per heavy atom. The van der Waals surface area contributed by atoms with Gasteiger partial charge in [0, 0.05) is 17.7 Å². The molecule has 0 aliphatic heterocycles. The summed E-state index contributed by atoms with van der Waals surface area (Å²) in [6.07, 6.45) is -0.949. The summed E-state index contributed by atoms with van der Waals surface area (Å²) in [5.74, 6) is 0. The molecule has 20 heavy (non-hydrogen) atoms. The third kappa shape index (κ3) is 6.64. The molecule has 5 heteroatoms. The third-order valence-corrected chi connectivity index (χ3v) is 3.37. The van der Waals surface area contributed by atoms with E-state index in [0.29, 0.717) is 13.0 Å². The van der Waals surface area contributed by atoms with Crippen LogP contribution >= 0.6 is 11.6 Å². The number of aryl methyl sites for hydroxylation is 1. The third-order valence-electron chi connectivity index (χ3n) is 3.02. The number of likely N-dealkylation sites (N-methyl/N-ethyl adjacent to an activating group) is 1. The fraction of sp³-hybridized carbons (Fsp3) is 0.600. The van der Waals surface area contributed by atoms with Crippen LogP contribution in [0.5, 0.6) is 0 Å². The summed E-state index contributed by atoms with van der Waals surface area (Å²) in [6.45, 7) is 4.66. The molecule has 0 saturated heterocycles. The van der Waals surface area contributed by atoms with E-state index in [1.807, 2.05) is 32.0 Å². The standard InChI is InChI=1S/C15H22ClF2NO/c1-3-19-13(6-7-20-10-15(17)18)9-12-5-4-11(2)8-14(12)16/h4-5,8,13,15,19H,3,6-7,9-10H2,1-2H3. The summed E-state index contributed by atoms with van der Waals surface area (Å²) in [4.78, 5) is 0. The zero-order valence-electron chi connectivity index (χ0n) is 12.0. The first-order chi connectivity index (χ1) is 9.52. The molecule has 0 aromatic heterocycles. The Balaban J connectivity index is 2.49. The van der Waals surface area contributed by atoms with Gasteiger partial charge in [-0.25, -0.2) is 8.78 Å². The summed E-state index contributed by atoms with van der Waals surface area (Å²) in [5, 5.41) is 4.09. The summed E-state index contributed by atoms with van der Waals surface area (Å²) in [7, 11) is 0. The number of alkyl halides is 2. The van der Waals surface area contributed by atoms with Crippen LogP contribution in [0, 0.1) is 6.92 Å². The van der Waals surface area contributed by atoms with E-state index in [4.69, 9.17) is 16.3 Å². The van der Waals surface area contributed by atoms with Gasteiger partial charge in [0.2, 0.25) is 0 Å². The molecule has 0 aliphatic carbocycles. The number of rotatable bonds is 9. The molecule has 0 aliphatic rings. The lowest BCUT2D eigenvalue weighted by atomic mass is 10.0. The molecule has 0 fully saturated rings. The van der Waals surface area contributed by atoms with Crippen molar-refractivity contribution in [3.63, 3.8) is 0 Å². The summed E-state index contributed by atoms with van der Waals surface area (Å²) in [5.41, 5.74) is 2.19. The van der Waals surface area contributed by atoms with Gasteiger partial charge >= 0.3 is 0 Å². The van der Waals surface area contributed by atoms with E-state index in [1.165, 1.54) is 0 Å². The Kier molecular flexibility index (Phi) is 8.04. The maximum absolute atomic E-state index is 12.0. The molecular weight excluding hydrogens is 284 g/mol. The number of nitrogens with one attached hydrogen (secondary N) is 1. The first-order valence-electron chi connectivity index (χ1n) is 6.87. The van der Waals surface area contributed by atoms with Crippen LogP contribution in [0.2, 0.25) is 5.02 Å². The fourth-order valence-electron chi connectivity index (χ4n) is 2.05. The van der Waals surface area contributed by atoms with Crippen LogP contribution in [-0.2, 0) is 11.2 Å². The van der Waals surface area contributed by atoms with E-state index in [0.717, 1.165) is 29.1 Å². The number of ether oxygens (including phenoxy) is 1. The second-order valence-corrected chi connectivity index (χ2v) is 5.22. The second kappa shape index (κ2) is 9.27. The zero-order valence-corrected chi connectivity index (χ0v) is 12.7. The van der Waals surface area contributed by atoms with Crippen LogP contribution in [0.3, 0.4) is 0 Å². The van der Waals surface area contributed by atoms with Gasteiger partial charge in [-0.15, -0.1) is 0 Å². The molecule has 0 bridgehead atoms. The van der Waals surface area contributed by atoms with Crippen molar-refractivity contribution in [3.05, 3.63) is 34.3 Å². The normalized spacial score (nSPS) is 12.9. The van der Waals surface area contributed by atoms with Gasteiger partial charge < -0.3 is 10.1 Å². The molecule has 2 nitrogen and oxygen atoms in total. The van der Waals surface area contributed by atoms with E-state index in [2.05, 4.69) is 5.32 Å². The van der Waals surface area contributed by atoms with E-state index >= 15 is 0 Å². The minimum Gasteiger partial charge on any atom is -0.375 e. The van der Waals surface area contributed by atoms with E-state index in [-0.39, 0.29) is 6.04 Å². The molecule has 0 saturated carbocycles. The van der Waals surface area contributed by atoms with Crippen molar-refractivity contribution in [1.29, 1.82) is 0 Å². The zero-order chi connectivity index (χ0) is 15.0. The van der Waals surface area contributed by atoms with Crippen LogP contribution in [0.15, 0.2) is 18.2 Å². The summed E-state index contributed by atoms with van der Waals surface area (Å²) >= 11 is 6.22. The first-order valence-corrected chi connectivity index (χ1v) is 7.25. The Morgan fingerprint density at radius 3 is 2.70 bits per heavy atom. The van der Waals surface area contributed by atoms with Crippen molar-refractivity contribution in [2.45, 2.75) is 39.2 Å². The molecule has 1 aromatic carbocycles. The molecule has 1 unspecified atom stereocenters. The smallest absolute Gasteiger partial charge is 0.261 e. The SMILES string of the molecule is CCNC(CCOCC(F)F)Cc1ccc(C)cc1Cl. The highest BCUT2D eigenvalue weighted by molar-refractivity contribution is 6.31. The van der Waals surface area contributed by atoms with Crippen molar-refractivity contribution in [3.8, 4) is 0 Å². The van der Waals surface area contributed by atoms with Gasteiger partial charge in [-0.05, 0) is 43.5 Å². The molecular formula is C15H22ClF2NO. The predicted molar refractivity (Wildman–Crippen MR) is 78.8 cm³/mol. The first kappa shape index (κ1) is 17.3. The molecule has 0 heterocycles. The van der Waals surface area contributed by atoms with Crippen LogP contribution in [-0.4, -0.2) is 32.2 Å². The number of hydrogen-bond acceptors (Lipinski definition) is 2. The van der Waals surface area contributed by atoms with Gasteiger partial charge in [0.1, 0.15) is 6.61 Å². The number of halogens is 3. The van der Waals surface area contributed by atoms with Crippen LogP contribution in [0.4, 0.5) is 8.78 Å². The highest BCUT2D eigenvalue weighted by Gasteiger charge is 2.11. The van der Waals surface area contributed by atoms with Crippen molar-refractivity contribution < 1.29 is 13.5 Å².